The average Bonchev–Trinajstić information content (AvgIpc) is 2.53. The first-order valence-corrected chi connectivity index (χ1v) is 7.50. The van der Waals surface area contributed by atoms with Crippen LogP contribution in [-0.2, 0) is 17.6 Å². The molecule has 0 saturated heterocycles. The average molecular weight is 294 g/mol. The van der Waals surface area contributed by atoms with Gasteiger partial charge in [0.15, 0.2) is 0 Å². The Morgan fingerprint density at radius 3 is 2.45 bits per heavy atom. The van der Waals surface area contributed by atoms with Crippen LogP contribution in [0.15, 0.2) is 42.5 Å². The highest BCUT2D eigenvalue weighted by Crippen LogP contribution is 2.28. The largest absolute Gasteiger partial charge is 0.507 e. The van der Waals surface area contributed by atoms with Gasteiger partial charge in [-0.05, 0) is 54.5 Å². The Balaban J connectivity index is 2.05. The predicted molar refractivity (Wildman–Crippen MR) is 86.7 cm³/mol. The maximum Gasteiger partial charge on any atom is 0.336 e. The first-order chi connectivity index (χ1) is 10.6. The molecule has 2 N–H and O–H groups in total. The second-order valence-electron chi connectivity index (χ2n) is 5.61. The topological polar surface area (TPSA) is 57.5 Å². The van der Waals surface area contributed by atoms with E-state index in [1.165, 1.54) is 23.6 Å². The molecule has 0 aliphatic heterocycles. The fourth-order valence-corrected chi connectivity index (χ4v) is 2.93. The lowest BCUT2D eigenvalue weighted by Gasteiger charge is -2.16. The molecule has 1 aliphatic rings. The van der Waals surface area contributed by atoms with E-state index < -0.39 is 5.97 Å². The summed E-state index contributed by atoms with van der Waals surface area (Å²) in [6.07, 6.45) is 5.96. The van der Waals surface area contributed by atoms with Gasteiger partial charge in [-0.25, -0.2) is 4.79 Å². The third-order valence-electron chi connectivity index (χ3n) is 4.13. The van der Waals surface area contributed by atoms with Crippen molar-refractivity contribution in [1.82, 2.24) is 0 Å². The zero-order valence-electron chi connectivity index (χ0n) is 12.2. The maximum absolute atomic E-state index is 11.6. The summed E-state index contributed by atoms with van der Waals surface area (Å²) < 4.78 is 0. The molecule has 3 rings (SSSR count). The van der Waals surface area contributed by atoms with Gasteiger partial charge in [0.25, 0.3) is 0 Å². The van der Waals surface area contributed by atoms with E-state index in [1.54, 1.807) is 24.3 Å². The van der Waals surface area contributed by atoms with Crippen molar-refractivity contribution < 1.29 is 15.0 Å². The van der Waals surface area contributed by atoms with Crippen molar-refractivity contribution in [3.05, 3.63) is 64.7 Å². The third-order valence-corrected chi connectivity index (χ3v) is 4.13. The lowest BCUT2D eigenvalue weighted by molar-refractivity contribution is -0.130. The summed E-state index contributed by atoms with van der Waals surface area (Å²) in [5, 5.41) is 19.4. The Kier molecular flexibility index (Phi) is 3.96. The summed E-state index contributed by atoms with van der Waals surface area (Å²) in [6, 6.07) is 12.6. The molecule has 0 saturated carbocycles. The number of aryl methyl sites for hydroxylation is 2. The van der Waals surface area contributed by atoms with Crippen LogP contribution < -0.4 is 0 Å². The van der Waals surface area contributed by atoms with Crippen molar-refractivity contribution >= 4 is 17.6 Å². The van der Waals surface area contributed by atoms with Gasteiger partial charge in [0, 0.05) is 5.56 Å². The van der Waals surface area contributed by atoms with Crippen LogP contribution in [0.5, 0.6) is 5.75 Å². The summed E-state index contributed by atoms with van der Waals surface area (Å²) in [6.45, 7) is 0. The van der Waals surface area contributed by atoms with Gasteiger partial charge in [-0.15, -0.1) is 0 Å². The SMILES string of the molecule is O=C(O)/C(=C\c1ccccc1O)c1ccc2c(c1)CCCC2. The maximum atomic E-state index is 11.6. The molecule has 1 aliphatic carbocycles. The number of carbonyl (C=O) groups is 1. The molecule has 0 spiro atoms. The van der Waals surface area contributed by atoms with Crippen molar-refractivity contribution in [2.24, 2.45) is 0 Å². The van der Waals surface area contributed by atoms with E-state index in [9.17, 15) is 15.0 Å². The van der Waals surface area contributed by atoms with E-state index in [0.29, 0.717) is 11.1 Å². The van der Waals surface area contributed by atoms with Gasteiger partial charge in [-0.2, -0.15) is 0 Å². The number of phenolic OH excluding ortho intramolecular Hbond substituents is 1. The Morgan fingerprint density at radius 1 is 1.00 bits per heavy atom. The molecular formula is C19H18O3. The van der Waals surface area contributed by atoms with E-state index in [2.05, 4.69) is 0 Å². The lowest BCUT2D eigenvalue weighted by atomic mass is 9.88. The fraction of sp³-hybridized carbons (Fsp3) is 0.211. The summed E-state index contributed by atoms with van der Waals surface area (Å²) in [5.74, 6) is -0.904. The number of fused-ring (bicyclic) bond motifs is 1. The zero-order chi connectivity index (χ0) is 15.5. The molecular weight excluding hydrogens is 276 g/mol. The van der Waals surface area contributed by atoms with E-state index >= 15 is 0 Å². The molecule has 0 aromatic heterocycles. The highest BCUT2D eigenvalue weighted by atomic mass is 16.4. The first kappa shape index (κ1) is 14.4. The molecule has 3 heteroatoms. The monoisotopic (exact) mass is 294 g/mol. The molecule has 112 valence electrons. The zero-order valence-corrected chi connectivity index (χ0v) is 12.2. The molecule has 0 bridgehead atoms. The lowest BCUT2D eigenvalue weighted by Crippen LogP contribution is -2.05. The van der Waals surface area contributed by atoms with E-state index in [1.807, 2.05) is 18.2 Å². The van der Waals surface area contributed by atoms with Crippen molar-refractivity contribution in [3.63, 3.8) is 0 Å². The normalized spacial score (nSPS) is 14.5. The highest BCUT2D eigenvalue weighted by Gasteiger charge is 2.15. The molecule has 0 radical (unpaired) electrons. The summed E-state index contributed by atoms with van der Waals surface area (Å²) in [5.41, 5.74) is 3.97. The number of rotatable bonds is 3. The first-order valence-electron chi connectivity index (χ1n) is 7.50. The highest BCUT2D eigenvalue weighted by molar-refractivity contribution is 6.20. The minimum Gasteiger partial charge on any atom is -0.507 e. The van der Waals surface area contributed by atoms with Crippen molar-refractivity contribution in [2.75, 3.05) is 0 Å². The number of aliphatic carboxylic acids is 1. The van der Waals surface area contributed by atoms with Crippen LogP contribution in [0.2, 0.25) is 0 Å². The molecule has 0 atom stereocenters. The molecule has 2 aromatic rings. The molecule has 3 nitrogen and oxygen atoms in total. The predicted octanol–water partition coefficient (Wildman–Crippen LogP) is 3.90. The minimum absolute atomic E-state index is 0.0826. The molecule has 0 heterocycles. The van der Waals surface area contributed by atoms with Crippen LogP contribution in [0.25, 0.3) is 11.6 Å². The van der Waals surface area contributed by atoms with Crippen molar-refractivity contribution in [3.8, 4) is 5.75 Å². The number of phenols is 1. The van der Waals surface area contributed by atoms with Gasteiger partial charge in [0.2, 0.25) is 0 Å². The number of para-hydroxylation sites is 1. The third kappa shape index (κ3) is 2.89. The van der Waals surface area contributed by atoms with Crippen LogP contribution in [0, 0.1) is 0 Å². The Hall–Kier alpha value is -2.55. The smallest absolute Gasteiger partial charge is 0.336 e. The van der Waals surface area contributed by atoms with Crippen LogP contribution in [-0.4, -0.2) is 16.2 Å². The quantitative estimate of drug-likeness (QED) is 0.667. The standard InChI is InChI=1S/C19H18O3/c20-18-8-4-3-7-16(18)12-17(19(21)22)15-10-9-13-5-1-2-6-14(13)11-15/h3-4,7-12,20H,1-2,5-6H2,(H,21,22)/b17-12-. The summed E-state index contributed by atoms with van der Waals surface area (Å²) in [4.78, 5) is 11.6. The van der Waals surface area contributed by atoms with E-state index in [-0.39, 0.29) is 11.3 Å². The van der Waals surface area contributed by atoms with Gasteiger partial charge in [0.1, 0.15) is 5.75 Å². The number of hydrogen-bond acceptors (Lipinski definition) is 2. The number of benzene rings is 2. The van der Waals surface area contributed by atoms with E-state index in [4.69, 9.17) is 0 Å². The number of hydrogen-bond donors (Lipinski definition) is 2. The number of carboxylic acids is 1. The van der Waals surface area contributed by atoms with Crippen LogP contribution in [0.3, 0.4) is 0 Å². The van der Waals surface area contributed by atoms with Gasteiger partial charge in [-0.1, -0.05) is 36.4 Å². The van der Waals surface area contributed by atoms with Crippen molar-refractivity contribution in [1.29, 1.82) is 0 Å². The van der Waals surface area contributed by atoms with Gasteiger partial charge in [0.05, 0.1) is 5.57 Å². The van der Waals surface area contributed by atoms with Gasteiger partial charge >= 0.3 is 5.97 Å². The van der Waals surface area contributed by atoms with Crippen LogP contribution in [0.1, 0.15) is 35.1 Å². The Bertz CT molecular complexity index is 744. The summed E-state index contributed by atoms with van der Waals surface area (Å²) in [7, 11) is 0. The molecule has 0 fully saturated rings. The van der Waals surface area contributed by atoms with Crippen LogP contribution >= 0.6 is 0 Å². The van der Waals surface area contributed by atoms with Gasteiger partial charge in [-0.3, -0.25) is 0 Å². The molecule has 0 amide bonds. The second kappa shape index (κ2) is 6.06. The van der Waals surface area contributed by atoms with Crippen LogP contribution in [0.4, 0.5) is 0 Å². The Morgan fingerprint density at radius 2 is 1.73 bits per heavy atom. The molecule has 2 aromatic carbocycles. The minimum atomic E-state index is -0.987. The van der Waals surface area contributed by atoms with Crippen molar-refractivity contribution in [2.45, 2.75) is 25.7 Å². The molecule has 22 heavy (non-hydrogen) atoms. The summed E-state index contributed by atoms with van der Waals surface area (Å²) >= 11 is 0. The van der Waals surface area contributed by atoms with E-state index in [0.717, 1.165) is 19.3 Å². The fourth-order valence-electron chi connectivity index (χ4n) is 2.93. The number of carboxylic acid groups (broad SMARTS) is 1. The van der Waals surface area contributed by atoms with Gasteiger partial charge < -0.3 is 10.2 Å². The second-order valence-corrected chi connectivity index (χ2v) is 5.61. The number of aromatic hydroxyl groups is 1. The Labute approximate surface area is 129 Å². The molecule has 0 unspecified atom stereocenters.